The molecule has 83 heavy (non-hydrogen) atoms. The lowest BCUT2D eigenvalue weighted by Crippen LogP contribution is -2.26. The Bertz CT molecular complexity index is 4250. The monoisotopic (exact) mass is 1070 g/mol. The third-order valence-corrected chi connectivity index (χ3v) is 17.7. The second-order valence-electron chi connectivity index (χ2n) is 22.7. The summed E-state index contributed by atoms with van der Waals surface area (Å²) >= 11 is 0. The first-order chi connectivity index (χ1) is 40.6. The molecule has 0 saturated heterocycles. The van der Waals surface area contributed by atoms with Crippen molar-refractivity contribution in [1.82, 2.24) is 0 Å². The van der Waals surface area contributed by atoms with Crippen molar-refractivity contribution in [2.45, 2.75) is 60.3 Å². The molecule has 0 N–H and O–H groups in total. The first-order valence-electron chi connectivity index (χ1n) is 29.3. The van der Waals surface area contributed by atoms with Crippen LogP contribution in [-0.4, -0.2) is 0 Å². The molecule has 1 spiro atoms. The van der Waals surface area contributed by atoms with Crippen LogP contribution in [0.1, 0.15) is 81.5 Å². The topological polar surface area (TPSA) is 3.24 Å². The fourth-order valence-corrected chi connectivity index (χ4v) is 13.3. The quantitative estimate of drug-likeness (QED) is 0.147. The van der Waals surface area contributed by atoms with E-state index >= 15 is 0 Å². The Kier molecular flexibility index (Phi) is 15.1. The molecule has 0 heterocycles. The van der Waals surface area contributed by atoms with Crippen LogP contribution in [0.25, 0.3) is 67.3 Å². The SMILES string of the molecule is C=Cc1c(C)cccc1C1=C(C)C(C)CC=C1.Cc1ccc(-c2ccccc2)cc1.Cc1ccccc1-c1cccc(N(c2ccc(-c3ccccc3)cc2)c2cccc3c2-c2ccccc2C32c3ccccc3-c3c(C)cccc32)c1C. The first-order valence-corrected chi connectivity index (χ1v) is 29.3. The number of hydrogen-bond donors (Lipinski definition) is 0. The summed E-state index contributed by atoms with van der Waals surface area (Å²) in [6.07, 6.45) is 7.67. The van der Waals surface area contributed by atoms with E-state index < -0.39 is 5.41 Å². The zero-order valence-electron chi connectivity index (χ0n) is 48.9. The number of allylic oxidation sites excluding steroid dienone is 4. The molecule has 11 aromatic carbocycles. The molecular weight excluding hydrogens is 999 g/mol. The predicted molar refractivity (Wildman–Crippen MR) is 356 cm³/mol. The van der Waals surface area contributed by atoms with Crippen molar-refractivity contribution >= 4 is 28.7 Å². The minimum absolute atomic E-state index is 0.416. The molecule has 404 valence electrons. The predicted octanol–water partition coefficient (Wildman–Crippen LogP) is 22.4. The molecule has 0 radical (unpaired) electrons. The normalized spacial score (nSPS) is 15.0. The summed E-state index contributed by atoms with van der Waals surface area (Å²) in [5.74, 6) is 0.646. The number of nitrogens with zero attached hydrogens (tertiary/aromatic N) is 1. The van der Waals surface area contributed by atoms with Gasteiger partial charge in [0.15, 0.2) is 0 Å². The summed E-state index contributed by atoms with van der Waals surface area (Å²) in [5, 5.41) is 0. The summed E-state index contributed by atoms with van der Waals surface area (Å²) in [7, 11) is 0. The average Bonchev–Trinajstić information content (AvgIpc) is 1.83. The van der Waals surface area contributed by atoms with E-state index in [0.717, 1.165) is 12.1 Å². The van der Waals surface area contributed by atoms with Crippen LogP contribution in [0.3, 0.4) is 0 Å². The van der Waals surface area contributed by atoms with Crippen LogP contribution in [0.2, 0.25) is 0 Å². The summed E-state index contributed by atoms with van der Waals surface area (Å²) in [6.45, 7) is 19.5. The molecule has 0 amide bonds. The molecule has 2 atom stereocenters. The molecule has 1 nitrogen and oxygen atoms in total. The van der Waals surface area contributed by atoms with Crippen LogP contribution in [-0.2, 0) is 5.41 Å². The molecule has 1 heteroatoms. The fraction of sp³-hybridized carbons (Fsp3) is 0.122. The van der Waals surface area contributed by atoms with Gasteiger partial charge in [0.2, 0.25) is 0 Å². The van der Waals surface area contributed by atoms with Crippen LogP contribution in [0.4, 0.5) is 17.1 Å². The van der Waals surface area contributed by atoms with Gasteiger partial charge < -0.3 is 4.90 Å². The lowest BCUT2D eigenvalue weighted by atomic mass is 9.70. The number of hydrogen-bond acceptors (Lipinski definition) is 1. The molecule has 0 bridgehead atoms. The van der Waals surface area contributed by atoms with Gasteiger partial charge in [-0.1, -0.05) is 273 Å². The van der Waals surface area contributed by atoms with Crippen LogP contribution < -0.4 is 4.90 Å². The maximum atomic E-state index is 3.94. The van der Waals surface area contributed by atoms with E-state index in [-0.39, 0.29) is 0 Å². The van der Waals surface area contributed by atoms with Gasteiger partial charge in [0.05, 0.1) is 11.1 Å². The highest BCUT2D eigenvalue weighted by atomic mass is 15.1. The van der Waals surface area contributed by atoms with Gasteiger partial charge in [-0.15, -0.1) is 0 Å². The van der Waals surface area contributed by atoms with Crippen LogP contribution in [0.5, 0.6) is 0 Å². The maximum absolute atomic E-state index is 3.94. The largest absolute Gasteiger partial charge is 0.310 e. The van der Waals surface area contributed by atoms with E-state index in [1.807, 2.05) is 12.1 Å². The Morgan fingerprint density at radius 2 is 0.855 bits per heavy atom. The van der Waals surface area contributed by atoms with E-state index in [9.17, 15) is 0 Å². The van der Waals surface area contributed by atoms with E-state index in [2.05, 4.69) is 321 Å². The third kappa shape index (κ3) is 9.81. The summed E-state index contributed by atoms with van der Waals surface area (Å²) < 4.78 is 0. The van der Waals surface area contributed by atoms with Crippen molar-refractivity contribution in [3.05, 3.63) is 340 Å². The zero-order chi connectivity index (χ0) is 57.2. The highest BCUT2D eigenvalue weighted by Crippen LogP contribution is 2.65. The Morgan fingerprint density at radius 1 is 0.398 bits per heavy atom. The van der Waals surface area contributed by atoms with Crippen LogP contribution >= 0.6 is 0 Å². The molecule has 0 fully saturated rings. The lowest BCUT2D eigenvalue weighted by molar-refractivity contribution is 0.690. The number of rotatable bonds is 8. The van der Waals surface area contributed by atoms with Crippen molar-refractivity contribution in [3.8, 4) is 55.6 Å². The van der Waals surface area contributed by atoms with E-state index in [4.69, 9.17) is 0 Å². The van der Waals surface area contributed by atoms with E-state index in [0.29, 0.717) is 5.92 Å². The first kappa shape index (κ1) is 54.0. The minimum Gasteiger partial charge on any atom is -0.310 e. The standard InChI is InChI=1S/C52H39N.C17H20.C13H12/c1-34-16-7-8-20-40(34)41-23-14-28-48(36(41)3)53(39-32-30-38(31-33-39)37-18-5-4-6-19-37)49-29-15-27-47-51(49)43-22-10-12-25-45(43)52(47)44-24-11-9-21-42(44)50-35(2)17-13-26-46(50)52;1-5-15-13(3)9-7-11-17(15)16-10-6-8-12(2)14(16)4;1-11-7-9-13(10-8-11)12-5-3-2-4-6-12/h4-33H,1-3H3;5-7,9-12H,1,8H2,2-4H3;2-10H,1H3. The number of anilines is 3. The zero-order valence-corrected chi connectivity index (χ0v) is 48.9. The van der Waals surface area contributed by atoms with Crippen molar-refractivity contribution in [3.63, 3.8) is 0 Å². The smallest absolute Gasteiger partial charge is 0.0726 e. The Balaban J connectivity index is 0.000000184. The summed E-state index contributed by atoms with van der Waals surface area (Å²) in [4.78, 5) is 2.51. The second kappa shape index (κ2) is 23.1. The van der Waals surface area contributed by atoms with Crippen molar-refractivity contribution in [2.24, 2.45) is 5.92 Å². The molecule has 0 aromatic heterocycles. The Hall–Kier alpha value is -9.56. The number of aryl methyl sites for hydroxylation is 4. The Morgan fingerprint density at radius 3 is 1.49 bits per heavy atom. The van der Waals surface area contributed by atoms with Crippen molar-refractivity contribution < 1.29 is 0 Å². The molecule has 0 aliphatic heterocycles. The second-order valence-corrected chi connectivity index (χ2v) is 22.7. The van der Waals surface area contributed by atoms with Gasteiger partial charge in [0.25, 0.3) is 0 Å². The van der Waals surface area contributed by atoms with Gasteiger partial charge >= 0.3 is 0 Å². The number of benzene rings is 11. The highest BCUT2D eigenvalue weighted by molar-refractivity contribution is 6.02. The highest BCUT2D eigenvalue weighted by Gasteiger charge is 2.52. The Labute approximate surface area is 493 Å². The number of fused-ring (bicyclic) bond motifs is 10. The molecule has 3 aliphatic carbocycles. The van der Waals surface area contributed by atoms with Gasteiger partial charge in [0, 0.05) is 16.9 Å². The third-order valence-electron chi connectivity index (χ3n) is 17.7. The van der Waals surface area contributed by atoms with Gasteiger partial charge in [0.1, 0.15) is 0 Å². The van der Waals surface area contributed by atoms with E-state index in [1.165, 1.54) is 139 Å². The van der Waals surface area contributed by atoms with Crippen LogP contribution in [0, 0.1) is 40.5 Å². The van der Waals surface area contributed by atoms with Gasteiger partial charge in [-0.3, -0.25) is 0 Å². The molecule has 2 unspecified atom stereocenters. The molecule has 0 saturated carbocycles. The molecule has 11 aromatic rings. The minimum atomic E-state index is -0.416. The molecular formula is C82H71N. The lowest BCUT2D eigenvalue weighted by Gasteiger charge is -2.32. The van der Waals surface area contributed by atoms with Gasteiger partial charge in [-0.25, -0.2) is 0 Å². The average molecular weight is 1070 g/mol. The summed E-state index contributed by atoms with van der Waals surface area (Å²) in [5.41, 5.74) is 33.2. The summed E-state index contributed by atoms with van der Waals surface area (Å²) in [6, 6.07) is 92.9. The van der Waals surface area contributed by atoms with Crippen molar-refractivity contribution in [1.29, 1.82) is 0 Å². The maximum Gasteiger partial charge on any atom is 0.0726 e. The van der Waals surface area contributed by atoms with Gasteiger partial charge in [-0.2, -0.15) is 0 Å². The van der Waals surface area contributed by atoms with E-state index in [1.54, 1.807) is 0 Å². The van der Waals surface area contributed by atoms with Crippen molar-refractivity contribution in [2.75, 3.05) is 4.90 Å². The van der Waals surface area contributed by atoms with Gasteiger partial charge in [-0.05, 0) is 189 Å². The fourth-order valence-electron chi connectivity index (χ4n) is 13.3. The van der Waals surface area contributed by atoms with Crippen LogP contribution in [0.15, 0.2) is 279 Å². The molecule has 14 rings (SSSR count). The molecule has 3 aliphatic rings.